The Morgan fingerprint density at radius 1 is 1.05 bits per heavy atom. The van der Waals surface area contributed by atoms with Crippen LogP contribution in [0.2, 0.25) is 0 Å². The third kappa shape index (κ3) is 5.84. The van der Waals surface area contributed by atoms with Crippen LogP contribution in [-0.4, -0.2) is 53.5 Å². The van der Waals surface area contributed by atoms with E-state index in [9.17, 15) is 19.2 Å². The van der Waals surface area contributed by atoms with Gasteiger partial charge in [0.1, 0.15) is 0 Å². The van der Waals surface area contributed by atoms with Crippen LogP contribution in [-0.2, 0) is 14.4 Å². The summed E-state index contributed by atoms with van der Waals surface area (Å²) in [5, 5.41) is 12.6. The zero-order valence-corrected chi connectivity index (χ0v) is 10.5. The van der Waals surface area contributed by atoms with Crippen molar-refractivity contribution in [3.05, 3.63) is 0 Å². The van der Waals surface area contributed by atoms with Crippen molar-refractivity contribution in [1.82, 2.24) is 15.5 Å². The van der Waals surface area contributed by atoms with E-state index < -0.39 is 17.9 Å². The minimum absolute atomic E-state index is 0.169. The van der Waals surface area contributed by atoms with Gasteiger partial charge in [0.2, 0.25) is 11.8 Å². The molecule has 19 heavy (non-hydrogen) atoms. The highest BCUT2D eigenvalue weighted by Crippen LogP contribution is 2.06. The standard InChI is InChI=1S/C11H17N3O5/c15-8(3-4-10(17)18)13-11(19)12-7-9(16)14-5-1-2-6-14/h1-7H2,(H,17,18)(H2,12,13,15,19). The minimum atomic E-state index is -1.11. The van der Waals surface area contributed by atoms with E-state index in [0.717, 1.165) is 12.8 Å². The van der Waals surface area contributed by atoms with Crippen LogP contribution >= 0.6 is 0 Å². The van der Waals surface area contributed by atoms with Crippen LogP contribution in [0.4, 0.5) is 4.79 Å². The molecule has 0 aromatic carbocycles. The number of carboxylic acid groups (broad SMARTS) is 1. The summed E-state index contributed by atoms with van der Waals surface area (Å²) in [7, 11) is 0. The van der Waals surface area contributed by atoms with Crippen molar-refractivity contribution in [2.75, 3.05) is 19.6 Å². The fourth-order valence-corrected chi connectivity index (χ4v) is 1.69. The second kappa shape index (κ2) is 7.34. The Balaban J connectivity index is 2.18. The van der Waals surface area contributed by atoms with E-state index in [4.69, 9.17) is 5.11 Å². The number of carbonyl (C=O) groups excluding carboxylic acids is 3. The Labute approximate surface area is 110 Å². The lowest BCUT2D eigenvalue weighted by molar-refractivity contribution is -0.138. The van der Waals surface area contributed by atoms with Crippen molar-refractivity contribution >= 4 is 23.8 Å². The predicted molar refractivity (Wildman–Crippen MR) is 64.2 cm³/mol. The number of carbonyl (C=O) groups is 4. The molecule has 0 aromatic heterocycles. The molecule has 0 spiro atoms. The summed E-state index contributed by atoms with van der Waals surface area (Å²) < 4.78 is 0. The number of aliphatic carboxylic acids is 1. The van der Waals surface area contributed by atoms with Gasteiger partial charge in [0.15, 0.2) is 0 Å². The second-order valence-corrected chi connectivity index (χ2v) is 4.21. The molecule has 0 saturated carbocycles. The molecule has 1 saturated heterocycles. The van der Waals surface area contributed by atoms with Crippen LogP contribution in [0.5, 0.6) is 0 Å². The lowest BCUT2D eigenvalue weighted by Crippen LogP contribution is -2.44. The molecule has 1 aliphatic heterocycles. The summed E-state index contributed by atoms with van der Waals surface area (Å²) in [5.74, 6) is -1.99. The maximum atomic E-state index is 11.6. The summed E-state index contributed by atoms with van der Waals surface area (Å²) >= 11 is 0. The van der Waals surface area contributed by atoms with Gasteiger partial charge < -0.3 is 15.3 Å². The van der Waals surface area contributed by atoms with Crippen molar-refractivity contribution in [3.8, 4) is 0 Å². The molecule has 0 aromatic rings. The van der Waals surface area contributed by atoms with Crippen LogP contribution < -0.4 is 10.6 Å². The smallest absolute Gasteiger partial charge is 0.321 e. The molecular weight excluding hydrogens is 254 g/mol. The van der Waals surface area contributed by atoms with Crippen molar-refractivity contribution in [2.45, 2.75) is 25.7 Å². The number of rotatable bonds is 5. The van der Waals surface area contributed by atoms with Gasteiger partial charge in [-0.15, -0.1) is 0 Å². The Morgan fingerprint density at radius 3 is 2.26 bits per heavy atom. The number of hydrogen-bond acceptors (Lipinski definition) is 4. The predicted octanol–water partition coefficient (Wildman–Crippen LogP) is -0.701. The van der Waals surface area contributed by atoms with Gasteiger partial charge in [-0.25, -0.2) is 4.79 Å². The molecule has 0 radical (unpaired) electrons. The molecule has 8 nitrogen and oxygen atoms in total. The molecule has 0 aliphatic carbocycles. The quantitative estimate of drug-likeness (QED) is 0.611. The van der Waals surface area contributed by atoms with Crippen molar-refractivity contribution < 1.29 is 24.3 Å². The summed E-state index contributed by atoms with van der Waals surface area (Å²) in [6.45, 7) is 1.22. The number of imide groups is 1. The van der Waals surface area contributed by atoms with E-state index in [-0.39, 0.29) is 25.3 Å². The zero-order valence-electron chi connectivity index (χ0n) is 10.5. The number of nitrogens with zero attached hydrogens (tertiary/aromatic N) is 1. The lowest BCUT2D eigenvalue weighted by atomic mass is 10.3. The van der Waals surface area contributed by atoms with Crippen molar-refractivity contribution in [3.63, 3.8) is 0 Å². The highest BCUT2D eigenvalue weighted by Gasteiger charge is 2.18. The maximum absolute atomic E-state index is 11.6. The Hall–Kier alpha value is -2.12. The number of likely N-dealkylation sites (tertiary alicyclic amines) is 1. The van der Waals surface area contributed by atoms with E-state index >= 15 is 0 Å². The number of nitrogens with one attached hydrogen (secondary N) is 2. The molecule has 8 heteroatoms. The van der Waals surface area contributed by atoms with E-state index in [0.29, 0.717) is 13.1 Å². The summed E-state index contributed by atoms with van der Waals surface area (Å²) in [5.41, 5.74) is 0. The van der Waals surface area contributed by atoms with Crippen LogP contribution in [0.25, 0.3) is 0 Å². The average Bonchev–Trinajstić information content (AvgIpc) is 2.87. The van der Waals surface area contributed by atoms with Gasteiger partial charge in [0.25, 0.3) is 0 Å². The highest BCUT2D eigenvalue weighted by molar-refractivity contribution is 5.96. The topological polar surface area (TPSA) is 116 Å². The molecular formula is C11H17N3O5. The molecule has 4 amide bonds. The molecule has 1 aliphatic rings. The van der Waals surface area contributed by atoms with Gasteiger partial charge in [0, 0.05) is 19.5 Å². The molecule has 1 heterocycles. The first kappa shape index (κ1) is 14.9. The van der Waals surface area contributed by atoms with Crippen molar-refractivity contribution in [1.29, 1.82) is 0 Å². The third-order valence-electron chi connectivity index (χ3n) is 2.68. The van der Waals surface area contributed by atoms with Gasteiger partial charge >= 0.3 is 12.0 Å². The van der Waals surface area contributed by atoms with Gasteiger partial charge in [-0.1, -0.05) is 0 Å². The number of urea groups is 1. The molecule has 0 atom stereocenters. The largest absolute Gasteiger partial charge is 0.481 e. The van der Waals surface area contributed by atoms with Crippen LogP contribution in [0.1, 0.15) is 25.7 Å². The molecule has 106 valence electrons. The number of carboxylic acids is 1. The second-order valence-electron chi connectivity index (χ2n) is 4.21. The summed E-state index contributed by atoms with van der Waals surface area (Å²) in [4.78, 5) is 45.8. The Morgan fingerprint density at radius 2 is 1.68 bits per heavy atom. The van der Waals surface area contributed by atoms with E-state index in [1.807, 2.05) is 5.32 Å². The Bertz CT molecular complexity index is 377. The van der Waals surface area contributed by atoms with Gasteiger partial charge in [0.05, 0.1) is 13.0 Å². The number of hydrogen-bond donors (Lipinski definition) is 3. The monoisotopic (exact) mass is 271 g/mol. The first-order chi connectivity index (χ1) is 8.99. The van der Waals surface area contributed by atoms with E-state index in [2.05, 4.69) is 5.32 Å². The number of amides is 4. The summed E-state index contributed by atoms with van der Waals surface area (Å²) in [6, 6.07) is -0.789. The summed E-state index contributed by atoms with van der Waals surface area (Å²) in [6.07, 6.45) is 1.31. The average molecular weight is 271 g/mol. The third-order valence-corrected chi connectivity index (χ3v) is 2.68. The highest BCUT2D eigenvalue weighted by atomic mass is 16.4. The molecule has 0 unspecified atom stereocenters. The molecule has 0 bridgehead atoms. The fourth-order valence-electron chi connectivity index (χ4n) is 1.69. The maximum Gasteiger partial charge on any atom is 0.321 e. The molecule has 1 fully saturated rings. The molecule has 3 N–H and O–H groups in total. The normalized spacial score (nSPS) is 14.0. The first-order valence-electron chi connectivity index (χ1n) is 6.06. The lowest BCUT2D eigenvalue weighted by Gasteiger charge is -2.15. The van der Waals surface area contributed by atoms with Gasteiger partial charge in [-0.05, 0) is 12.8 Å². The minimum Gasteiger partial charge on any atom is -0.481 e. The van der Waals surface area contributed by atoms with E-state index in [1.54, 1.807) is 4.90 Å². The van der Waals surface area contributed by atoms with Gasteiger partial charge in [-0.2, -0.15) is 0 Å². The molecule has 1 rings (SSSR count). The van der Waals surface area contributed by atoms with Crippen molar-refractivity contribution in [2.24, 2.45) is 0 Å². The zero-order chi connectivity index (χ0) is 14.3. The fraction of sp³-hybridized carbons (Fsp3) is 0.636. The van der Waals surface area contributed by atoms with E-state index in [1.165, 1.54) is 0 Å². The van der Waals surface area contributed by atoms with Gasteiger partial charge in [-0.3, -0.25) is 19.7 Å². The van der Waals surface area contributed by atoms with Crippen LogP contribution in [0.15, 0.2) is 0 Å². The van der Waals surface area contributed by atoms with Crippen LogP contribution in [0, 0.1) is 0 Å². The SMILES string of the molecule is O=C(O)CCC(=O)NC(=O)NCC(=O)N1CCCC1. The first-order valence-corrected chi connectivity index (χ1v) is 6.06. The van der Waals surface area contributed by atoms with Crippen LogP contribution in [0.3, 0.4) is 0 Å². The Kier molecular flexibility index (Phi) is 5.77.